The van der Waals surface area contributed by atoms with Crippen molar-refractivity contribution in [2.45, 2.75) is 32.4 Å². The van der Waals surface area contributed by atoms with Crippen LogP contribution in [0.15, 0.2) is 24.3 Å². The lowest BCUT2D eigenvalue weighted by molar-refractivity contribution is -0.934. The number of alkyl halides is 1. The lowest BCUT2D eigenvalue weighted by Crippen LogP contribution is -2.66. The Balaban J connectivity index is 1.63. The number of hydrogen-bond acceptors (Lipinski definition) is 1. The lowest BCUT2D eigenvalue weighted by Gasteiger charge is -2.51. The zero-order valence-corrected chi connectivity index (χ0v) is 12.5. The molecular weight excluding hydrogens is 256 g/mol. The van der Waals surface area contributed by atoms with E-state index < -0.39 is 0 Å². The summed E-state index contributed by atoms with van der Waals surface area (Å²) in [7, 11) is 0. The van der Waals surface area contributed by atoms with Crippen LogP contribution in [0.3, 0.4) is 0 Å². The molecule has 2 bridgehead atoms. The second-order valence-corrected chi connectivity index (χ2v) is 6.58. The van der Waals surface area contributed by atoms with Gasteiger partial charge in [0.25, 0.3) is 0 Å². The van der Waals surface area contributed by atoms with Crippen molar-refractivity contribution in [3.63, 3.8) is 0 Å². The maximum atomic E-state index is 6.21. The molecule has 1 unspecified atom stereocenters. The molecule has 104 valence electrons. The molecule has 0 aliphatic carbocycles. The van der Waals surface area contributed by atoms with Crippen molar-refractivity contribution in [2.75, 3.05) is 25.6 Å². The largest absolute Gasteiger partial charge is 0.310 e. The number of nitrogens with zero attached hydrogens (tertiary/aromatic N) is 1. The van der Waals surface area contributed by atoms with Crippen LogP contribution in [0, 0.1) is 12.8 Å². The number of piperidine rings is 3. The van der Waals surface area contributed by atoms with Crippen LogP contribution in [-0.4, -0.2) is 36.2 Å². The Bertz CT molecular complexity index is 438. The quantitative estimate of drug-likeness (QED) is 0.508. The average molecular weight is 280 g/mol. The topological polar surface area (TPSA) is 12.0 Å². The summed E-state index contributed by atoms with van der Waals surface area (Å²) < 4.78 is 1.13. The first-order valence-corrected chi connectivity index (χ1v) is 7.95. The van der Waals surface area contributed by atoms with Crippen molar-refractivity contribution < 1.29 is 4.48 Å². The highest BCUT2D eigenvalue weighted by Gasteiger charge is 2.44. The molecule has 0 spiro atoms. The van der Waals surface area contributed by atoms with E-state index in [1.807, 2.05) is 0 Å². The number of halogens is 1. The van der Waals surface area contributed by atoms with E-state index in [0.29, 0.717) is 6.04 Å². The Kier molecular flexibility index (Phi) is 3.84. The predicted octanol–water partition coefficient (Wildman–Crippen LogP) is 2.89. The van der Waals surface area contributed by atoms with E-state index in [-0.39, 0.29) is 0 Å². The summed E-state index contributed by atoms with van der Waals surface area (Å²) in [6, 6.07) is 10.1. The van der Waals surface area contributed by atoms with Crippen LogP contribution in [0.4, 0.5) is 0 Å². The van der Waals surface area contributed by atoms with Gasteiger partial charge in [0.15, 0.2) is 6.00 Å². The molecule has 3 saturated heterocycles. The van der Waals surface area contributed by atoms with Crippen LogP contribution in [0.2, 0.25) is 0 Å². The fourth-order valence-corrected chi connectivity index (χ4v) is 4.07. The molecule has 3 heteroatoms. The molecule has 4 rings (SSSR count). The molecule has 3 aliphatic heterocycles. The summed E-state index contributed by atoms with van der Waals surface area (Å²) in [6.07, 6.45) is 2.69. The van der Waals surface area contributed by atoms with Gasteiger partial charge in [0.1, 0.15) is 0 Å². The Morgan fingerprint density at radius 1 is 1.26 bits per heavy atom. The molecule has 0 amide bonds. The molecule has 0 saturated carbocycles. The van der Waals surface area contributed by atoms with Gasteiger partial charge in [-0.3, -0.25) is 0 Å². The van der Waals surface area contributed by atoms with Crippen LogP contribution in [-0.2, 0) is 6.54 Å². The van der Waals surface area contributed by atoms with E-state index in [0.717, 1.165) is 22.9 Å². The molecule has 0 radical (unpaired) electrons. The average Bonchev–Trinajstić information content (AvgIpc) is 2.48. The van der Waals surface area contributed by atoms with Crippen LogP contribution >= 0.6 is 11.6 Å². The minimum Gasteiger partial charge on any atom is -0.310 e. The van der Waals surface area contributed by atoms with E-state index in [2.05, 4.69) is 36.5 Å². The summed E-state index contributed by atoms with van der Waals surface area (Å²) in [6.45, 7) is 6.99. The lowest BCUT2D eigenvalue weighted by atomic mass is 9.82. The first-order valence-electron chi connectivity index (χ1n) is 7.41. The van der Waals surface area contributed by atoms with Crippen molar-refractivity contribution in [3.05, 3.63) is 35.4 Å². The van der Waals surface area contributed by atoms with Gasteiger partial charge in [-0.15, -0.1) is 0 Å². The van der Waals surface area contributed by atoms with Gasteiger partial charge < -0.3 is 9.80 Å². The Morgan fingerprint density at radius 3 is 2.68 bits per heavy atom. The number of quaternary nitrogens is 1. The number of fused-ring (bicyclic) bond motifs is 3. The second kappa shape index (κ2) is 5.43. The van der Waals surface area contributed by atoms with Gasteiger partial charge in [-0.1, -0.05) is 35.9 Å². The van der Waals surface area contributed by atoms with E-state index >= 15 is 0 Å². The monoisotopic (exact) mass is 279 g/mol. The molecule has 1 aromatic rings. The van der Waals surface area contributed by atoms with Crippen molar-refractivity contribution in [1.82, 2.24) is 5.32 Å². The minimum atomic E-state index is 0.654. The summed E-state index contributed by atoms with van der Waals surface area (Å²) in [5, 5.41) is 3.79. The molecule has 1 atom stereocenters. The summed E-state index contributed by atoms with van der Waals surface area (Å²) in [5.74, 6) is 0.868. The van der Waals surface area contributed by atoms with E-state index in [4.69, 9.17) is 11.6 Å². The number of benzene rings is 1. The molecule has 1 N–H and O–H groups in total. The fraction of sp³-hybridized carbons (Fsp3) is 0.625. The SMILES string of the molecule is Cc1ccccc1CNC1C[N+]2(CCl)CCC1CC2. The zero-order chi connectivity index (χ0) is 13.3. The van der Waals surface area contributed by atoms with Crippen LogP contribution in [0.1, 0.15) is 24.0 Å². The van der Waals surface area contributed by atoms with Gasteiger partial charge >= 0.3 is 0 Å². The molecule has 3 fully saturated rings. The highest BCUT2D eigenvalue weighted by atomic mass is 35.5. The summed E-state index contributed by atoms with van der Waals surface area (Å²) in [4.78, 5) is 0. The van der Waals surface area contributed by atoms with Gasteiger partial charge in [0.2, 0.25) is 0 Å². The van der Waals surface area contributed by atoms with Gasteiger partial charge in [0.05, 0.1) is 25.7 Å². The van der Waals surface area contributed by atoms with E-state index in [1.165, 1.54) is 43.6 Å². The maximum Gasteiger partial charge on any atom is 0.154 e. The molecular formula is C16H24ClN2+. The van der Waals surface area contributed by atoms with Crippen molar-refractivity contribution in [3.8, 4) is 0 Å². The first kappa shape index (κ1) is 13.4. The van der Waals surface area contributed by atoms with Gasteiger partial charge in [-0.05, 0) is 24.0 Å². The third kappa shape index (κ3) is 2.67. The van der Waals surface area contributed by atoms with Crippen LogP contribution in [0.5, 0.6) is 0 Å². The normalized spacial score (nSPS) is 33.6. The number of nitrogens with one attached hydrogen (secondary N) is 1. The van der Waals surface area contributed by atoms with Crippen molar-refractivity contribution in [2.24, 2.45) is 5.92 Å². The second-order valence-electron chi connectivity index (χ2n) is 6.34. The Hall–Kier alpha value is -0.570. The third-order valence-electron chi connectivity index (χ3n) is 5.17. The first-order chi connectivity index (χ1) is 9.22. The van der Waals surface area contributed by atoms with Crippen molar-refractivity contribution >= 4 is 11.6 Å². The third-order valence-corrected chi connectivity index (χ3v) is 5.68. The van der Waals surface area contributed by atoms with Crippen LogP contribution in [0.25, 0.3) is 0 Å². The molecule has 3 heterocycles. The number of hydrogen-bond donors (Lipinski definition) is 1. The molecule has 2 nitrogen and oxygen atoms in total. The zero-order valence-electron chi connectivity index (χ0n) is 11.7. The van der Waals surface area contributed by atoms with E-state index in [1.54, 1.807) is 0 Å². The van der Waals surface area contributed by atoms with E-state index in [9.17, 15) is 0 Å². The minimum absolute atomic E-state index is 0.654. The Morgan fingerprint density at radius 2 is 2.00 bits per heavy atom. The van der Waals surface area contributed by atoms with Crippen LogP contribution < -0.4 is 5.32 Å². The Labute approximate surface area is 121 Å². The fourth-order valence-electron chi connectivity index (χ4n) is 3.74. The summed E-state index contributed by atoms with van der Waals surface area (Å²) in [5.41, 5.74) is 2.81. The number of aryl methyl sites for hydroxylation is 1. The molecule has 1 aromatic carbocycles. The van der Waals surface area contributed by atoms with Crippen molar-refractivity contribution in [1.29, 1.82) is 0 Å². The number of rotatable bonds is 4. The predicted molar refractivity (Wildman–Crippen MR) is 80.1 cm³/mol. The molecule has 0 aromatic heterocycles. The molecule has 3 aliphatic rings. The summed E-state index contributed by atoms with van der Waals surface area (Å²) >= 11 is 6.21. The smallest absolute Gasteiger partial charge is 0.154 e. The standard InChI is InChI=1S/C16H24ClN2/c1-13-4-2-3-5-15(13)10-18-16-11-19(12-17)8-6-14(16)7-9-19/h2-5,14,16,18H,6-12H2,1H3/q+1. The maximum absolute atomic E-state index is 6.21. The highest BCUT2D eigenvalue weighted by molar-refractivity contribution is 6.17. The highest BCUT2D eigenvalue weighted by Crippen LogP contribution is 2.34. The van der Waals surface area contributed by atoms with Gasteiger partial charge in [0, 0.05) is 19.4 Å². The van der Waals surface area contributed by atoms with Gasteiger partial charge in [-0.25, -0.2) is 0 Å². The molecule has 19 heavy (non-hydrogen) atoms. The van der Waals surface area contributed by atoms with Gasteiger partial charge in [-0.2, -0.15) is 0 Å².